The maximum atomic E-state index is 12.3. The molecule has 1 aliphatic heterocycles. The van der Waals surface area contributed by atoms with Crippen molar-refractivity contribution in [2.45, 2.75) is 13.2 Å². The number of piperazine rings is 1. The summed E-state index contributed by atoms with van der Waals surface area (Å²) < 4.78 is 30.3. The van der Waals surface area contributed by atoms with Crippen molar-refractivity contribution < 1.29 is 13.5 Å². The lowest BCUT2D eigenvalue weighted by Gasteiger charge is -2.33. The number of ether oxygens (including phenoxy) is 1. The predicted molar refractivity (Wildman–Crippen MR) is 90.4 cm³/mol. The van der Waals surface area contributed by atoms with Crippen LogP contribution in [0.2, 0.25) is 0 Å². The Morgan fingerprint density at radius 2 is 1.96 bits per heavy atom. The lowest BCUT2D eigenvalue weighted by molar-refractivity contribution is -0.0498. The highest BCUT2D eigenvalue weighted by atomic mass is 19.3. The molecular formula is C17H20F2N4O2. The minimum Gasteiger partial charge on any atom is -0.435 e. The number of alkyl halides is 2. The Bertz CT molecular complexity index is 773. The highest BCUT2D eigenvalue weighted by molar-refractivity contribution is 5.43. The van der Waals surface area contributed by atoms with Crippen LogP contribution < -0.4 is 15.2 Å². The first kappa shape index (κ1) is 17.3. The van der Waals surface area contributed by atoms with Gasteiger partial charge in [0.15, 0.2) is 0 Å². The molecule has 25 heavy (non-hydrogen) atoms. The number of benzene rings is 1. The third-order valence-electron chi connectivity index (χ3n) is 4.18. The third kappa shape index (κ3) is 4.54. The summed E-state index contributed by atoms with van der Waals surface area (Å²) in [4.78, 5) is 16.7. The zero-order chi connectivity index (χ0) is 17.8. The van der Waals surface area contributed by atoms with Gasteiger partial charge in [-0.05, 0) is 24.7 Å². The molecule has 8 heteroatoms. The number of halogens is 2. The summed E-state index contributed by atoms with van der Waals surface area (Å²) in [5.41, 5.74) is 1.25. The van der Waals surface area contributed by atoms with Crippen LogP contribution in [0.3, 0.4) is 0 Å². The van der Waals surface area contributed by atoms with Crippen LogP contribution in [0.25, 0.3) is 0 Å². The van der Waals surface area contributed by atoms with Crippen LogP contribution in [0.5, 0.6) is 5.75 Å². The number of rotatable bonds is 5. The minimum atomic E-state index is -2.88. The SMILES string of the molecule is CN1CCN(c2cnn(Cc3cccc(OC(F)F)c3)c(=O)c2)CC1. The monoisotopic (exact) mass is 350 g/mol. The van der Waals surface area contributed by atoms with Gasteiger partial charge in [-0.15, -0.1) is 0 Å². The Kier molecular flexibility index (Phi) is 5.28. The molecule has 1 saturated heterocycles. The summed E-state index contributed by atoms with van der Waals surface area (Å²) in [5, 5.41) is 4.22. The van der Waals surface area contributed by atoms with Crippen molar-refractivity contribution in [1.82, 2.24) is 14.7 Å². The molecule has 134 valence electrons. The van der Waals surface area contributed by atoms with E-state index in [0.717, 1.165) is 31.9 Å². The van der Waals surface area contributed by atoms with E-state index in [1.54, 1.807) is 24.4 Å². The number of hydrogen-bond donors (Lipinski definition) is 0. The van der Waals surface area contributed by atoms with Gasteiger partial charge in [0, 0.05) is 32.2 Å². The fraction of sp³-hybridized carbons (Fsp3) is 0.412. The van der Waals surface area contributed by atoms with E-state index in [4.69, 9.17) is 0 Å². The van der Waals surface area contributed by atoms with E-state index in [1.165, 1.54) is 16.8 Å². The summed E-state index contributed by atoms with van der Waals surface area (Å²) in [7, 11) is 2.07. The lowest BCUT2D eigenvalue weighted by Crippen LogP contribution is -2.45. The van der Waals surface area contributed by atoms with Crippen LogP contribution in [0.1, 0.15) is 5.56 Å². The van der Waals surface area contributed by atoms with Crippen molar-refractivity contribution in [3.63, 3.8) is 0 Å². The Morgan fingerprint density at radius 3 is 2.64 bits per heavy atom. The zero-order valence-electron chi connectivity index (χ0n) is 13.9. The van der Waals surface area contributed by atoms with E-state index in [1.807, 2.05) is 0 Å². The number of anilines is 1. The molecule has 1 aromatic heterocycles. The number of likely N-dealkylation sites (N-methyl/N-ethyl adjacent to an activating group) is 1. The highest BCUT2D eigenvalue weighted by Gasteiger charge is 2.15. The van der Waals surface area contributed by atoms with Gasteiger partial charge < -0.3 is 14.5 Å². The first-order chi connectivity index (χ1) is 12.0. The Balaban J connectivity index is 1.72. The maximum Gasteiger partial charge on any atom is 0.387 e. The van der Waals surface area contributed by atoms with Crippen LogP contribution >= 0.6 is 0 Å². The van der Waals surface area contributed by atoms with Gasteiger partial charge in [0.2, 0.25) is 0 Å². The number of hydrogen-bond acceptors (Lipinski definition) is 5. The molecule has 0 saturated carbocycles. The summed E-state index contributed by atoms with van der Waals surface area (Å²) in [6.45, 7) is 0.921. The molecule has 2 heterocycles. The van der Waals surface area contributed by atoms with E-state index in [0.29, 0.717) is 5.56 Å². The molecule has 0 unspecified atom stereocenters. The molecule has 0 aliphatic carbocycles. The number of nitrogens with zero attached hydrogens (tertiary/aromatic N) is 4. The molecule has 6 nitrogen and oxygen atoms in total. The van der Waals surface area contributed by atoms with Crippen molar-refractivity contribution in [1.29, 1.82) is 0 Å². The molecule has 2 aromatic rings. The van der Waals surface area contributed by atoms with Crippen molar-refractivity contribution in [2.75, 3.05) is 38.1 Å². The van der Waals surface area contributed by atoms with Gasteiger partial charge in [-0.25, -0.2) is 4.68 Å². The van der Waals surface area contributed by atoms with E-state index in [2.05, 4.69) is 26.7 Å². The average Bonchev–Trinajstić information content (AvgIpc) is 2.57. The van der Waals surface area contributed by atoms with Gasteiger partial charge in [0.25, 0.3) is 5.56 Å². The van der Waals surface area contributed by atoms with Gasteiger partial charge in [-0.3, -0.25) is 4.79 Å². The van der Waals surface area contributed by atoms with E-state index in [-0.39, 0.29) is 17.9 Å². The second kappa shape index (κ2) is 7.60. The molecule has 1 aromatic carbocycles. The normalized spacial score (nSPS) is 15.6. The Hall–Kier alpha value is -2.48. The molecule has 0 amide bonds. The van der Waals surface area contributed by atoms with Gasteiger partial charge in [0.1, 0.15) is 5.75 Å². The smallest absolute Gasteiger partial charge is 0.387 e. The first-order valence-electron chi connectivity index (χ1n) is 8.06. The summed E-state index contributed by atoms with van der Waals surface area (Å²) in [6, 6.07) is 7.84. The van der Waals surface area contributed by atoms with Crippen LogP contribution in [0.15, 0.2) is 41.3 Å². The minimum absolute atomic E-state index is 0.0644. The van der Waals surface area contributed by atoms with Crippen molar-refractivity contribution in [2.24, 2.45) is 0 Å². The van der Waals surface area contributed by atoms with Crippen LogP contribution in [0.4, 0.5) is 14.5 Å². The van der Waals surface area contributed by atoms with E-state index in [9.17, 15) is 13.6 Å². The lowest BCUT2D eigenvalue weighted by atomic mass is 10.2. The molecule has 0 bridgehead atoms. The number of aromatic nitrogens is 2. The fourth-order valence-electron chi connectivity index (χ4n) is 2.77. The van der Waals surface area contributed by atoms with Gasteiger partial charge in [0.05, 0.1) is 18.4 Å². The zero-order valence-corrected chi connectivity index (χ0v) is 13.9. The summed E-state index contributed by atoms with van der Waals surface area (Å²) >= 11 is 0. The topological polar surface area (TPSA) is 50.6 Å². The third-order valence-corrected chi connectivity index (χ3v) is 4.18. The van der Waals surface area contributed by atoms with Crippen molar-refractivity contribution in [3.8, 4) is 5.75 Å². The summed E-state index contributed by atoms with van der Waals surface area (Å²) in [5.74, 6) is 0.0644. The van der Waals surface area contributed by atoms with Crippen molar-refractivity contribution in [3.05, 3.63) is 52.4 Å². The molecule has 0 N–H and O–H groups in total. The Labute approximate surface area is 144 Å². The van der Waals surface area contributed by atoms with Gasteiger partial charge in [-0.2, -0.15) is 13.9 Å². The second-order valence-corrected chi connectivity index (χ2v) is 6.03. The molecule has 0 spiro atoms. The van der Waals surface area contributed by atoms with E-state index >= 15 is 0 Å². The quantitative estimate of drug-likeness (QED) is 0.821. The Morgan fingerprint density at radius 1 is 1.20 bits per heavy atom. The average molecular weight is 350 g/mol. The van der Waals surface area contributed by atoms with Crippen LogP contribution in [-0.4, -0.2) is 54.5 Å². The highest BCUT2D eigenvalue weighted by Crippen LogP contribution is 2.17. The molecule has 1 aliphatic rings. The molecule has 0 atom stereocenters. The maximum absolute atomic E-state index is 12.3. The largest absolute Gasteiger partial charge is 0.435 e. The van der Waals surface area contributed by atoms with E-state index < -0.39 is 6.61 Å². The van der Waals surface area contributed by atoms with Gasteiger partial charge >= 0.3 is 6.61 Å². The molecular weight excluding hydrogens is 330 g/mol. The van der Waals surface area contributed by atoms with Crippen LogP contribution in [0, 0.1) is 0 Å². The standard InChI is InChI=1S/C17H20F2N4O2/c1-21-5-7-22(8-6-21)14-10-16(24)23(20-11-14)12-13-3-2-4-15(9-13)25-17(18)19/h2-4,9-11,17H,5-8,12H2,1H3. The van der Waals surface area contributed by atoms with Crippen molar-refractivity contribution >= 4 is 5.69 Å². The van der Waals surface area contributed by atoms with Gasteiger partial charge in [-0.1, -0.05) is 12.1 Å². The molecule has 0 radical (unpaired) electrons. The molecule has 3 rings (SSSR count). The second-order valence-electron chi connectivity index (χ2n) is 6.03. The van der Waals surface area contributed by atoms with Crippen LogP contribution in [-0.2, 0) is 6.54 Å². The first-order valence-corrected chi connectivity index (χ1v) is 8.06. The fourth-order valence-corrected chi connectivity index (χ4v) is 2.77. The molecule has 1 fully saturated rings. The predicted octanol–water partition coefficient (Wildman–Crippen LogP) is 1.64. The summed E-state index contributed by atoms with van der Waals surface area (Å²) in [6.07, 6.45) is 1.67.